The summed E-state index contributed by atoms with van der Waals surface area (Å²) in [5.74, 6) is 0. The Bertz CT molecular complexity index is 550. The molecule has 2 N–H and O–H groups in total. The first-order valence-corrected chi connectivity index (χ1v) is 6.85. The molecule has 18 heavy (non-hydrogen) atoms. The van der Waals surface area contributed by atoms with Crippen LogP contribution in [0.5, 0.6) is 0 Å². The van der Waals surface area contributed by atoms with Crippen molar-refractivity contribution >= 4 is 10.9 Å². The van der Waals surface area contributed by atoms with Crippen molar-refractivity contribution in [3.8, 4) is 0 Å². The second kappa shape index (κ2) is 4.39. The normalized spacial score (nSPS) is 18.6. The van der Waals surface area contributed by atoms with Crippen molar-refractivity contribution < 1.29 is 0 Å². The van der Waals surface area contributed by atoms with Crippen LogP contribution in [0.3, 0.4) is 0 Å². The molecule has 2 aromatic rings. The Morgan fingerprint density at radius 3 is 2.72 bits per heavy atom. The Morgan fingerprint density at radius 1 is 1.28 bits per heavy atom. The highest BCUT2D eigenvalue weighted by atomic mass is 15.3. The predicted octanol–water partition coefficient (Wildman–Crippen LogP) is 2.63. The van der Waals surface area contributed by atoms with Gasteiger partial charge in [-0.1, -0.05) is 31.0 Å². The van der Waals surface area contributed by atoms with E-state index in [1.165, 1.54) is 42.3 Å². The fourth-order valence-electron chi connectivity index (χ4n) is 3.35. The van der Waals surface area contributed by atoms with Gasteiger partial charge in [-0.15, -0.1) is 0 Å². The molecule has 0 saturated heterocycles. The first-order valence-electron chi connectivity index (χ1n) is 6.85. The van der Waals surface area contributed by atoms with Gasteiger partial charge in [0.2, 0.25) is 0 Å². The number of para-hydroxylation sites is 1. The Balaban J connectivity index is 1.99. The summed E-state index contributed by atoms with van der Waals surface area (Å²) in [6, 6.07) is 8.48. The molecule has 3 nitrogen and oxygen atoms in total. The van der Waals surface area contributed by atoms with E-state index in [1.807, 2.05) is 11.7 Å². The first kappa shape index (κ1) is 11.7. The minimum absolute atomic E-state index is 0.303. The van der Waals surface area contributed by atoms with Crippen molar-refractivity contribution in [2.24, 2.45) is 18.2 Å². The maximum atomic E-state index is 6.03. The molecular weight excluding hydrogens is 222 g/mol. The largest absolute Gasteiger partial charge is 0.330 e. The van der Waals surface area contributed by atoms with Gasteiger partial charge in [0.1, 0.15) is 0 Å². The van der Waals surface area contributed by atoms with Crippen LogP contribution in [-0.2, 0) is 13.5 Å². The van der Waals surface area contributed by atoms with Gasteiger partial charge in [-0.3, -0.25) is 4.68 Å². The summed E-state index contributed by atoms with van der Waals surface area (Å²) in [7, 11) is 2.02. The maximum Gasteiger partial charge on any atom is 0.0709 e. The number of nitrogens with two attached hydrogens (primary N) is 1. The van der Waals surface area contributed by atoms with Crippen LogP contribution in [0.4, 0.5) is 0 Å². The summed E-state index contributed by atoms with van der Waals surface area (Å²) in [5, 5.41) is 6.00. The van der Waals surface area contributed by atoms with Gasteiger partial charge in [-0.25, -0.2) is 0 Å². The minimum atomic E-state index is 0.303. The minimum Gasteiger partial charge on any atom is -0.330 e. The average Bonchev–Trinajstić information content (AvgIpc) is 2.98. The molecule has 0 amide bonds. The number of nitrogens with zero attached hydrogens (tertiary/aromatic N) is 2. The van der Waals surface area contributed by atoms with Gasteiger partial charge >= 0.3 is 0 Å². The Labute approximate surface area is 108 Å². The molecule has 1 aliphatic carbocycles. The Morgan fingerprint density at radius 2 is 2.00 bits per heavy atom. The van der Waals surface area contributed by atoms with E-state index in [0.29, 0.717) is 5.41 Å². The summed E-state index contributed by atoms with van der Waals surface area (Å²) in [5.41, 5.74) is 8.78. The zero-order valence-corrected chi connectivity index (χ0v) is 11.0. The highest BCUT2D eigenvalue weighted by Gasteiger charge is 2.33. The predicted molar refractivity (Wildman–Crippen MR) is 74.4 cm³/mol. The number of aryl methyl sites for hydroxylation is 1. The molecule has 96 valence electrons. The summed E-state index contributed by atoms with van der Waals surface area (Å²) < 4.78 is 1.99. The quantitative estimate of drug-likeness (QED) is 0.900. The lowest BCUT2D eigenvalue weighted by molar-refractivity contribution is 0.303. The molecule has 0 spiro atoms. The van der Waals surface area contributed by atoms with Gasteiger partial charge in [-0.05, 0) is 37.3 Å². The van der Waals surface area contributed by atoms with Crippen molar-refractivity contribution in [1.82, 2.24) is 9.78 Å². The molecule has 1 fully saturated rings. The van der Waals surface area contributed by atoms with Crippen molar-refractivity contribution in [2.45, 2.75) is 32.1 Å². The van der Waals surface area contributed by atoms with Gasteiger partial charge in [0.25, 0.3) is 0 Å². The smallest absolute Gasteiger partial charge is 0.0709 e. The number of benzene rings is 1. The van der Waals surface area contributed by atoms with E-state index in [0.717, 1.165) is 13.0 Å². The van der Waals surface area contributed by atoms with Gasteiger partial charge in [0, 0.05) is 12.4 Å². The molecule has 3 heteroatoms. The fraction of sp³-hybridized carbons (Fsp3) is 0.533. The van der Waals surface area contributed by atoms with E-state index in [-0.39, 0.29) is 0 Å². The lowest BCUT2D eigenvalue weighted by atomic mass is 9.81. The molecule has 1 aliphatic rings. The van der Waals surface area contributed by atoms with Crippen LogP contribution >= 0.6 is 0 Å². The molecule has 0 unspecified atom stereocenters. The van der Waals surface area contributed by atoms with E-state index in [1.54, 1.807) is 0 Å². The van der Waals surface area contributed by atoms with Crippen LogP contribution in [0.15, 0.2) is 24.3 Å². The second-order valence-electron chi connectivity index (χ2n) is 5.68. The third-order valence-electron chi connectivity index (χ3n) is 4.47. The lowest BCUT2D eigenvalue weighted by Gasteiger charge is -2.26. The molecular formula is C15H21N3. The van der Waals surface area contributed by atoms with E-state index < -0.39 is 0 Å². The highest BCUT2D eigenvalue weighted by Crippen LogP contribution is 2.40. The van der Waals surface area contributed by atoms with Gasteiger partial charge in [0.05, 0.1) is 11.2 Å². The highest BCUT2D eigenvalue weighted by molar-refractivity contribution is 5.81. The molecule has 1 saturated carbocycles. The standard InChI is InChI=1S/C15H21N3/c1-18-14-7-3-2-6-12(14)13(17-18)10-15(11-16)8-4-5-9-15/h2-3,6-7H,4-5,8-11,16H2,1H3. The van der Waals surface area contributed by atoms with Crippen LogP contribution in [0.1, 0.15) is 31.4 Å². The van der Waals surface area contributed by atoms with Crippen LogP contribution in [0.2, 0.25) is 0 Å². The number of hydrogen-bond donors (Lipinski definition) is 1. The molecule has 3 rings (SSSR count). The van der Waals surface area contributed by atoms with E-state index in [9.17, 15) is 0 Å². The Hall–Kier alpha value is -1.35. The monoisotopic (exact) mass is 243 g/mol. The topological polar surface area (TPSA) is 43.8 Å². The molecule has 0 radical (unpaired) electrons. The number of hydrogen-bond acceptors (Lipinski definition) is 2. The Kier molecular flexibility index (Phi) is 2.86. The van der Waals surface area contributed by atoms with E-state index in [2.05, 4.69) is 24.3 Å². The molecule has 0 bridgehead atoms. The molecule has 1 aromatic carbocycles. The fourth-order valence-corrected chi connectivity index (χ4v) is 3.35. The van der Waals surface area contributed by atoms with Crippen LogP contribution < -0.4 is 5.73 Å². The molecule has 0 aliphatic heterocycles. The zero-order valence-electron chi connectivity index (χ0n) is 11.0. The molecule has 1 heterocycles. The van der Waals surface area contributed by atoms with Crippen molar-refractivity contribution in [1.29, 1.82) is 0 Å². The summed E-state index contributed by atoms with van der Waals surface area (Å²) in [6.07, 6.45) is 6.19. The third-order valence-corrected chi connectivity index (χ3v) is 4.47. The van der Waals surface area contributed by atoms with Gasteiger partial charge in [-0.2, -0.15) is 5.10 Å². The molecule has 1 aromatic heterocycles. The third kappa shape index (κ3) is 1.83. The summed E-state index contributed by atoms with van der Waals surface area (Å²) in [4.78, 5) is 0. The molecule has 0 atom stereocenters. The summed E-state index contributed by atoms with van der Waals surface area (Å²) in [6.45, 7) is 0.790. The first-order chi connectivity index (χ1) is 8.74. The van der Waals surface area contributed by atoms with Crippen molar-refractivity contribution in [3.63, 3.8) is 0 Å². The van der Waals surface area contributed by atoms with Gasteiger partial charge in [0.15, 0.2) is 0 Å². The maximum absolute atomic E-state index is 6.03. The number of aromatic nitrogens is 2. The number of fused-ring (bicyclic) bond motifs is 1. The second-order valence-corrected chi connectivity index (χ2v) is 5.68. The summed E-state index contributed by atoms with van der Waals surface area (Å²) >= 11 is 0. The van der Waals surface area contributed by atoms with Crippen LogP contribution in [0.25, 0.3) is 10.9 Å². The van der Waals surface area contributed by atoms with Gasteiger partial charge < -0.3 is 5.73 Å². The zero-order chi connectivity index (χ0) is 12.6. The van der Waals surface area contributed by atoms with Crippen LogP contribution in [0, 0.1) is 5.41 Å². The van der Waals surface area contributed by atoms with Crippen molar-refractivity contribution in [2.75, 3.05) is 6.54 Å². The van der Waals surface area contributed by atoms with E-state index in [4.69, 9.17) is 10.8 Å². The SMILES string of the molecule is Cn1nc(CC2(CN)CCCC2)c2ccccc21. The average molecular weight is 243 g/mol. The number of rotatable bonds is 3. The van der Waals surface area contributed by atoms with E-state index >= 15 is 0 Å². The van der Waals surface area contributed by atoms with Crippen molar-refractivity contribution in [3.05, 3.63) is 30.0 Å². The lowest BCUT2D eigenvalue weighted by Crippen LogP contribution is -2.30. The van der Waals surface area contributed by atoms with Crippen LogP contribution in [-0.4, -0.2) is 16.3 Å².